The fourth-order valence-corrected chi connectivity index (χ4v) is 7.89. The summed E-state index contributed by atoms with van der Waals surface area (Å²) in [6.07, 6.45) is 12.8. The first-order valence-electron chi connectivity index (χ1n) is 13.9. The molecule has 4 bridgehead atoms. The molecule has 4 saturated carbocycles. The fourth-order valence-electron chi connectivity index (χ4n) is 7.89. The second-order valence-electron chi connectivity index (χ2n) is 12.2. The largest absolute Gasteiger partial charge is 0.309 e. The van der Waals surface area contributed by atoms with Crippen LogP contribution >= 0.6 is 0 Å². The molecule has 0 atom stereocenters. The van der Waals surface area contributed by atoms with E-state index in [1.54, 1.807) is 6.33 Å². The van der Waals surface area contributed by atoms with Crippen molar-refractivity contribution in [2.45, 2.75) is 77.8 Å². The van der Waals surface area contributed by atoms with Gasteiger partial charge in [-0.3, -0.25) is 9.69 Å². The van der Waals surface area contributed by atoms with E-state index in [4.69, 9.17) is 0 Å². The van der Waals surface area contributed by atoms with Crippen molar-refractivity contribution >= 4 is 22.8 Å². The van der Waals surface area contributed by atoms with E-state index in [2.05, 4.69) is 44.0 Å². The summed E-state index contributed by atoms with van der Waals surface area (Å²) < 4.78 is 1.98. The lowest BCUT2D eigenvalue weighted by atomic mass is 9.49. The van der Waals surface area contributed by atoms with Crippen molar-refractivity contribution in [3.8, 4) is 0 Å². The molecule has 0 spiro atoms. The smallest absolute Gasteiger partial charge is 0.231 e. The van der Waals surface area contributed by atoms with E-state index in [0.29, 0.717) is 11.9 Å². The number of carbonyl (C=O) groups is 1. The highest BCUT2D eigenvalue weighted by Gasteiger charge is 2.54. The number of hydrogen-bond acceptors (Lipinski definition) is 6. The Labute approximate surface area is 208 Å². The number of carbonyl (C=O) groups excluding carboxylic acids is 1. The number of unbranched alkanes of at least 4 members (excludes halogenated alkanes) is 1. The predicted octanol–water partition coefficient (Wildman–Crippen LogP) is 3.79. The minimum absolute atomic E-state index is 0.178. The van der Waals surface area contributed by atoms with E-state index >= 15 is 0 Å². The molecule has 0 aromatic carbocycles. The molecule has 1 amide bonds. The Morgan fingerprint density at radius 1 is 1.00 bits per heavy atom. The van der Waals surface area contributed by atoms with Gasteiger partial charge >= 0.3 is 0 Å². The van der Waals surface area contributed by atoms with Crippen molar-refractivity contribution in [2.24, 2.45) is 23.2 Å². The maximum atomic E-state index is 13.5. The zero-order valence-electron chi connectivity index (χ0n) is 21.5. The van der Waals surface area contributed by atoms with Crippen LogP contribution in [0.3, 0.4) is 0 Å². The highest BCUT2D eigenvalue weighted by molar-refractivity contribution is 6.01. The maximum absolute atomic E-state index is 13.5. The highest BCUT2D eigenvalue weighted by Crippen LogP contribution is 2.60. The second-order valence-corrected chi connectivity index (χ2v) is 12.2. The van der Waals surface area contributed by atoms with E-state index in [1.807, 2.05) is 10.9 Å². The highest BCUT2D eigenvalue weighted by atomic mass is 16.2. The van der Waals surface area contributed by atoms with Crippen LogP contribution < -0.4 is 5.32 Å². The number of rotatable bonds is 8. The summed E-state index contributed by atoms with van der Waals surface area (Å²) in [5, 5.41) is 8.69. The minimum atomic E-state index is -0.178. The first kappa shape index (κ1) is 23.3. The predicted molar refractivity (Wildman–Crippen MR) is 137 cm³/mol. The Hall–Kier alpha value is -2.06. The molecule has 8 nitrogen and oxygen atoms in total. The molecule has 7 rings (SSSR count). The SMILES string of the molecule is CC(C)N1CCN(CCCCn2ncc3c(NC(=O)C45CC6CC(CC(C6)C4)C5)ncnc32)CC1. The van der Waals surface area contributed by atoms with Crippen LogP contribution in [0.4, 0.5) is 5.82 Å². The second kappa shape index (κ2) is 9.43. The molecule has 35 heavy (non-hydrogen) atoms. The number of aromatic nitrogens is 4. The average molecular weight is 480 g/mol. The first-order valence-corrected chi connectivity index (χ1v) is 13.9. The number of hydrogen-bond donors (Lipinski definition) is 1. The van der Waals surface area contributed by atoms with Gasteiger partial charge < -0.3 is 10.2 Å². The topological polar surface area (TPSA) is 79.2 Å². The van der Waals surface area contributed by atoms with E-state index in [9.17, 15) is 4.79 Å². The normalized spacial score (nSPS) is 31.0. The number of nitrogens with one attached hydrogen (secondary N) is 1. The molecule has 0 unspecified atom stereocenters. The van der Waals surface area contributed by atoms with E-state index < -0.39 is 0 Å². The Morgan fingerprint density at radius 3 is 2.31 bits per heavy atom. The Morgan fingerprint density at radius 2 is 1.66 bits per heavy atom. The molecule has 2 aromatic heterocycles. The zero-order chi connectivity index (χ0) is 24.0. The zero-order valence-corrected chi connectivity index (χ0v) is 21.5. The number of piperazine rings is 1. The molecule has 5 fully saturated rings. The molecular weight excluding hydrogens is 438 g/mol. The molecule has 1 saturated heterocycles. The molecule has 5 aliphatic rings. The summed E-state index contributed by atoms with van der Waals surface area (Å²) in [6.45, 7) is 11.3. The summed E-state index contributed by atoms with van der Waals surface area (Å²) in [5.41, 5.74) is 0.647. The van der Waals surface area contributed by atoms with Crippen LogP contribution in [-0.4, -0.2) is 74.2 Å². The van der Waals surface area contributed by atoms with Crippen molar-refractivity contribution in [2.75, 3.05) is 38.0 Å². The van der Waals surface area contributed by atoms with Gasteiger partial charge in [0.05, 0.1) is 17.0 Å². The molecule has 190 valence electrons. The van der Waals surface area contributed by atoms with Gasteiger partial charge in [-0.25, -0.2) is 14.6 Å². The van der Waals surface area contributed by atoms with Crippen molar-refractivity contribution in [1.29, 1.82) is 0 Å². The first-order chi connectivity index (χ1) is 17.0. The lowest BCUT2D eigenvalue weighted by molar-refractivity contribution is -0.140. The van der Waals surface area contributed by atoms with Crippen LogP contribution in [-0.2, 0) is 11.3 Å². The minimum Gasteiger partial charge on any atom is -0.309 e. The Bertz CT molecular complexity index is 1020. The lowest BCUT2D eigenvalue weighted by Crippen LogP contribution is -2.51. The molecule has 0 radical (unpaired) electrons. The van der Waals surface area contributed by atoms with Gasteiger partial charge in [-0.15, -0.1) is 0 Å². The standard InChI is InChI=1S/C27H41N7O/c1-19(2)33-9-7-32(8-10-33)5-3-4-6-34-25-23(17-30-34)24(28-18-29-25)31-26(35)27-14-20-11-21(15-27)13-22(12-20)16-27/h17-22H,3-16H2,1-2H3,(H,28,29,31,35). The average Bonchev–Trinajstić information content (AvgIpc) is 3.25. The summed E-state index contributed by atoms with van der Waals surface area (Å²) in [4.78, 5) is 27.6. The number of fused-ring (bicyclic) bond motifs is 1. The summed E-state index contributed by atoms with van der Waals surface area (Å²) in [5.74, 6) is 3.06. The van der Waals surface area contributed by atoms with E-state index in [0.717, 1.165) is 74.0 Å². The van der Waals surface area contributed by atoms with E-state index in [-0.39, 0.29) is 11.3 Å². The number of aryl methyl sites for hydroxylation is 1. The van der Waals surface area contributed by atoms with Gasteiger partial charge in [-0.05, 0) is 89.5 Å². The van der Waals surface area contributed by atoms with E-state index in [1.165, 1.54) is 45.4 Å². The monoisotopic (exact) mass is 479 g/mol. The lowest BCUT2D eigenvalue weighted by Gasteiger charge is -2.55. The number of nitrogens with zero attached hydrogens (tertiary/aromatic N) is 6. The van der Waals surface area contributed by atoms with Crippen LogP contribution in [0.25, 0.3) is 11.0 Å². The van der Waals surface area contributed by atoms with Crippen molar-refractivity contribution in [1.82, 2.24) is 29.5 Å². The third kappa shape index (κ3) is 4.59. The number of amides is 1. The third-order valence-corrected chi connectivity index (χ3v) is 9.42. The van der Waals surface area contributed by atoms with Crippen molar-refractivity contribution < 1.29 is 4.79 Å². The van der Waals surface area contributed by atoms with Crippen LogP contribution in [0, 0.1) is 23.2 Å². The molecule has 4 aliphatic carbocycles. The van der Waals surface area contributed by atoms with Crippen LogP contribution in [0.5, 0.6) is 0 Å². The molecule has 3 heterocycles. The van der Waals surface area contributed by atoms with Gasteiger partial charge in [0.2, 0.25) is 5.91 Å². The summed E-state index contributed by atoms with van der Waals surface area (Å²) in [6, 6.07) is 0.648. The van der Waals surface area contributed by atoms with Gasteiger partial charge in [0.25, 0.3) is 0 Å². The molecule has 2 aromatic rings. The van der Waals surface area contributed by atoms with Gasteiger partial charge in [-0.1, -0.05) is 0 Å². The summed E-state index contributed by atoms with van der Waals surface area (Å²) in [7, 11) is 0. The Balaban J connectivity index is 1.05. The fraction of sp³-hybridized carbons (Fsp3) is 0.778. The Kier molecular flexibility index (Phi) is 6.29. The molecule has 1 N–H and O–H groups in total. The van der Waals surface area contributed by atoms with Gasteiger partial charge in [0.15, 0.2) is 5.65 Å². The van der Waals surface area contributed by atoms with Gasteiger partial charge in [0, 0.05) is 38.8 Å². The molecular formula is C27H41N7O. The van der Waals surface area contributed by atoms with Crippen molar-refractivity contribution in [3.63, 3.8) is 0 Å². The quantitative estimate of drug-likeness (QED) is 0.581. The number of anilines is 1. The van der Waals surface area contributed by atoms with Crippen LogP contribution in [0.1, 0.15) is 65.2 Å². The molecule has 1 aliphatic heterocycles. The maximum Gasteiger partial charge on any atom is 0.231 e. The van der Waals surface area contributed by atoms with Crippen LogP contribution in [0.2, 0.25) is 0 Å². The molecule has 8 heteroatoms. The summed E-state index contributed by atoms with van der Waals surface area (Å²) >= 11 is 0. The third-order valence-electron chi connectivity index (χ3n) is 9.42. The van der Waals surface area contributed by atoms with Gasteiger partial charge in [-0.2, -0.15) is 5.10 Å². The van der Waals surface area contributed by atoms with Gasteiger partial charge in [0.1, 0.15) is 12.1 Å². The van der Waals surface area contributed by atoms with Crippen LogP contribution in [0.15, 0.2) is 12.5 Å². The van der Waals surface area contributed by atoms with Crippen molar-refractivity contribution in [3.05, 3.63) is 12.5 Å².